The van der Waals surface area contributed by atoms with Crippen molar-refractivity contribution in [3.8, 4) is 0 Å². The molecule has 0 fully saturated rings. The minimum atomic E-state index is -1.26. The van der Waals surface area contributed by atoms with Crippen LogP contribution in [-0.2, 0) is 16.6 Å². The predicted octanol–water partition coefficient (Wildman–Crippen LogP) is 1.94. The first-order chi connectivity index (χ1) is 10.5. The molecule has 0 spiro atoms. The Bertz CT molecular complexity index is 663. The van der Waals surface area contributed by atoms with Gasteiger partial charge in [0.2, 0.25) is 0 Å². The van der Waals surface area contributed by atoms with Crippen LogP contribution < -0.4 is 5.73 Å². The Hall–Kier alpha value is -2.25. The van der Waals surface area contributed by atoms with E-state index in [1.165, 1.54) is 15.8 Å². The average molecular weight is 322 g/mol. The summed E-state index contributed by atoms with van der Waals surface area (Å²) in [4.78, 5) is 20.4. The van der Waals surface area contributed by atoms with Crippen LogP contribution in [0.1, 0.15) is 0 Å². The van der Waals surface area contributed by atoms with E-state index in [1.54, 1.807) is 0 Å². The molecule has 22 heavy (non-hydrogen) atoms. The van der Waals surface area contributed by atoms with E-state index >= 15 is 0 Å². The number of aromatic nitrogens is 1. The van der Waals surface area contributed by atoms with E-state index in [0.717, 1.165) is 12.3 Å². The summed E-state index contributed by atoms with van der Waals surface area (Å²) in [6, 6.07) is 8.45. The summed E-state index contributed by atoms with van der Waals surface area (Å²) in [5.41, 5.74) is 6.78. The van der Waals surface area contributed by atoms with Gasteiger partial charge in [0, 0.05) is 53.5 Å². The van der Waals surface area contributed by atoms with E-state index in [4.69, 9.17) is 15.9 Å². The molecule has 2 aromatic rings. The maximum atomic E-state index is 9.55. The highest BCUT2D eigenvalue weighted by Crippen LogP contribution is 2.28. The van der Waals surface area contributed by atoms with Crippen molar-refractivity contribution in [2.75, 3.05) is 12.3 Å². The molecule has 0 aliphatic rings. The molecule has 0 atom stereocenters. The maximum absolute atomic E-state index is 9.55. The summed E-state index contributed by atoms with van der Waals surface area (Å²) in [5, 5.41) is 17.0. The van der Waals surface area contributed by atoms with Crippen molar-refractivity contribution in [2.24, 2.45) is 12.8 Å². The fourth-order valence-electron chi connectivity index (χ4n) is 1.73. The van der Waals surface area contributed by atoms with E-state index in [2.05, 4.69) is 42.1 Å². The molecule has 2 rings (SSSR count). The molecule has 0 unspecified atom stereocenters. The van der Waals surface area contributed by atoms with Crippen LogP contribution in [0.25, 0.3) is 10.9 Å². The molecule has 0 bridgehead atoms. The summed E-state index contributed by atoms with van der Waals surface area (Å²) in [6.45, 7) is 0.730. The van der Waals surface area contributed by atoms with Gasteiger partial charge in [0.15, 0.2) is 0 Å². The van der Waals surface area contributed by atoms with Crippen molar-refractivity contribution in [2.45, 2.75) is 4.90 Å². The van der Waals surface area contributed by atoms with E-state index in [0.29, 0.717) is 12.2 Å². The lowest BCUT2D eigenvalue weighted by atomic mass is 10.2. The van der Waals surface area contributed by atoms with Gasteiger partial charge in [0.05, 0.1) is 0 Å². The van der Waals surface area contributed by atoms with Crippen LogP contribution in [0.3, 0.4) is 0 Å². The lowest BCUT2D eigenvalue weighted by Crippen LogP contribution is -2.00. The standard InChI is InChI=1S/C11H14N2S.C4H4O4/c1-13-8-11(14-7-6-12)9-4-2-3-5-10(9)13;5-3(6)1-2-4(7)8/h2-5,8H,6-7,12H2,1H3;1-2H,(H,5,6)(H,7,8). The van der Waals surface area contributed by atoms with Gasteiger partial charge in [-0.15, -0.1) is 11.8 Å². The van der Waals surface area contributed by atoms with Gasteiger partial charge in [-0.2, -0.15) is 0 Å². The number of aryl methyl sites for hydroxylation is 1. The molecule has 0 amide bonds. The summed E-state index contributed by atoms with van der Waals surface area (Å²) in [5.74, 6) is -1.53. The lowest BCUT2D eigenvalue weighted by Gasteiger charge is -1.95. The van der Waals surface area contributed by atoms with Crippen LogP contribution in [0.4, 0.5) is 0 Å². The molecular formula is C15H18N2O4S. The normalized spacial score (nSPS) is 10.5. The van der Waals surface area contributed by atoms with E-state index < -0.39 is 11.9 Å². The molecule has 1 heterocycles. The first-order valence-corrected chi connectivity index (χ1v) is 7.45. The largest absolute Gasteiger partial charge is 0.478 e. The van der Waals surface area contributed by atoms with Gasteiger partial charge in [-0.3, -0.25) is 0 Å². The van der Waals surface area contributed by atoms with Crippen molar-refractivity contribution < 1.29 is 19.8 Å². The molecule has 6 nitrogen and oxygen atoms in total. The number of rotatable bonds is 5. The number of carboxylic acids is 2. The van der Waals surface area contributed by atoms with Crippen LogP contribution in [-0.4, -0.2) is 39.0 Å². The van der Waals surface area contributed by atoms with Crippen LogP contribution in [0.2, 0.25) is 0 Å². The third-order valence-corrected chi connectivity index (χ3v) is 3.68. The zero-order valence-electron chi connectivity index (χ0n) is 12.1. The molecule has 1 aromatic carbocycles. The number of nitrogens with zero attached hydrogens (tertiary/aromatic N) is 1. The number of benzene rings is 1. The third-order valence-electron chi connectivity index (χ3n) is 2.60. The molecule has 1 aromatic heterocycles. The first-order valence-electron chi connectivity index (χ1n) is 6.46. The lowest BCUT2D eigenvalue weighted by molar-refractivity contribution is -0.134. The molecule has 7 heteroatoms. The summed E-state index contributed by atoms with van der Waals surface area (Å²) >= 11 is 1.82. The second kappa shape index (κ2) is 8.91. The smallest absolute Gasteiger partial charge is 0.328 e. The summed E-state index contributed by atoms with van der Waals surface area (Å²) in [6.07, 6.45) is 3.29. The molecular weight excluding hydrogens is 304 g/mol. The van der Waals surface area contributed by atoms with E-state index in [-0.39, 0.29) is 0 Å². The highest BCUT2D eigenvalue weighted by atomic mass is 32.2. The van der Waals surface area contributed by atoms with Gasteiger partial charge in [-0.25, -0.2) is 9.59 Å². The number of fused-ring (bicyclic) bond motifs is 1. The number of nitrogens with two attached hydrogens (primary N) is 1. The molecule has 118 valence electrons. The Balaban J connectivity index is 0.000000261. The Morgan fingerprint density at radius 2 is 1.82 bits per heavy atom. The van der Waals surface area contributed by atoms with Gasteiger partial charge in [0.1, 0.15) is 0 Å². The monoisotopic (exact) mass is 322 g/mol. The molecule has 0 aliphatic heterocycles. The second-order valence-corrected chi connectivity index (χ2v) is 5.41. The first kappa shape index (κ1) is 17.8. The van der Waals surface area contributed by atoms with Crippen LogP contribution >= 0.6 is 11.8 Å². The Morgan fingerprint density at radius 3 is 2.36 bits per heavy atom. The Kier molecular flexibility index (Phi) is 7.21. The van der Waals surface area contributed by atoms with Crippen LogP contribution in [0.5, 0.6) is 0 Å². The number of carbonyl (C=O) groups is 2. The zero-order chi connectivity index (χ0) is 16.5. The van der Waals surface area contributed by atoms with Crippen LogP contribution in [0, 0.1) is 0 Å². The van der Waals surface area contributed by atoms with Gasteiger partial charge in [0.25, 0.3) is 0 Å². The Morgan fingerprint density at radius 1 is 1.23 bits per heavy atom. The average Bonchev–Trinajstić information content (AvgIpc) is 2.81. The molecule has 0 aliphatic carbocycles. The quantitative estimate of drug-likeness (QED) is 0.574. The summed E-state index contributed by atoms with van der Waals surface area (Å²) in [7, 11) is 2.08. The van der Waals surface area contributed by atoms with Crippen molar-refractivity contribution in [3.05, 3.63) is 42.6 Å². The topological polar surface area (TPSA) is 106 Å². The zero-order valence-corrected chi connectivity index (χ0v) is 12.9. The van der Waals surface area contributed by atoms with Gasteiger partial charge in [-0.05, 0) is 6.07 Å². The number of hydrogen-bond acceptors (Lipinski definition) is 4. The SMILES string of the molecule is Cn1cc(SCCN)c2ccccc21.O=C(O)C=CC(=O)O. The van der Waals surface area contributed by atoms with Gasteiger partial charge >= 0.3 is 11.9 Å². The second-order valence-electron chi connectivity index (χ2n) is 4.27. The predicted molar refractivity (Wildman–Crippen MR) is 87.1 cm³/mol. The van der Waals surface area contributed by atoms with Crippen molar-refractivity contribution >= 4 is 34.6 Å². The number of carboxylic acid groups (broad SMARTS) is 2. The van der Waals surface area contributed by atoms with Gasteiger partial charge in [-0.1, -0.05) is 18.2 Å². The minimum Gasteiger partial charge on any atom is -0.478 e. The number of thioether (sulfide) groups is 1. The van der Waals surface area contributed by atoms with E-state index in [1.807, 2.05) is 11.8 Å². The van der Waals surface area contributed by atoms with Crippen molar-refractivity contribution in [3.63, 3.8) is 0 Å². The van der Waals surface area contributed by atoms with Crippen LogP contribution in [0.15, 0.2) is 47.5 Å². The van der Waals surface area contributed by atoms with Crippen molar-refractivity contribution in [1.82, 2.24) is 4.57 Å². The number of aliphatic carboxylic acids is 2. The highest BCUT2D eigenvalue weighted by Gasteiger charge is 2.04. The fourth-order valence-corrected chi connectivity index (χ4v) is 2.63. The molecule has 0 radical (unpaired) electrons. The fraction of sp³-hybridized carbons (Fsp3) is 0.200. The Labute approximate surface area is 132 Å². The maximum Gasteiger partial charge on any atom is 0.328 e. The van der Waals surface area contributed by atoms with Crippen molar-refractivity contribution in [1.29, 1.82) is 0 Å². The third kappa shape index (κ3) is 5.63. The number of hydrogen-bond donors (Lipinski definition) is 3. The minimum absolute atomic E-state index is 0.558. The number of para-hydroxylation sites is 1. The summed E-state index contributed by atoms with van der Waals surface area (Å²) < 4.78 is 2.16. The molecule has 4 N–H and O–H groups in total. The highest BCUT2D eigenvalue weighted by molar-refractivity contribution is 7.99. The molecule has 0 saturated carbocycles. The van der Waals surface area contributed by atoms with E-state index in [9.17, 15) is 9.59 Å². The van der Waals surface area contributed by atoms with Gasteiger partial charge < -0.3 is 20.5 Å². The molecule has 0 saturated heterocycles.